The van der Waals surface area contributed by atoms with Crippen LogP contribution >= 0.6 is 0 Å². The van der Waals surface area contributed by atoms with E-state index >= 15 is 0 Å². The van der Waals surface area contributed by atoms with Gasteiger partial charge in [0.05, 0.1) is 6.54 Å². The maximum atomic E-state index is 4.33. The van der Waals surface area contributed by atoms with Gasteiger partial charge in [-0.2, -0.15) is 0 Å². The van der Waals surface area contributed by atoms with Crippen LogP contribution in [0.2, 0.25) is 0 Å². The van der Waals surface area contributed by atoms with E-state index in [4.69, 9.17) is 0 Å². The van der Waals surface area contributed by atoms with Gasteiger partial charge in [0.2, 0.25) is 0 Å². The third-order valence-electron chi connectivity index (χ3n) is 2.72. The Balaban J connectivity index is 2.02. The third-order valence-corrected chi connectivity index (χ3v) is 2.72. The first-order chi connectivity index (χ1) is 7.93. The summed E-state index contributed by atoms with van der Waals surface area (Å²) in [6.07, 6.45) is 0. The average Bonchev–Trinajstić information content (AvgIpc) is 2.82. The highest BCUT2D eigenvalue weighted by molar-refractivity contribution is 6.03. The van der Waals surface area contributed by atoms with Crippen LogP contribution in [-0.2, 0) is 0 Å². The molecule has 80 valence electrons. The lowest BCUT2D eigenvalue weighted by Gasteiger charge is -2.09. The van der Waals surface area contributed by atoms with Gasteiger partial charge in [0.1, 0.15) is 0 Å². The lowest BCUT2D eigenvalue weighted by Crippen LogP contribution is -2.26. The van der Waals surface area contributed by atoms with Crippen molar-refractivity contribution in [2.75, 3.05) is 18.4 Å². The van der Waals surface area contributed by atoms with Gasteiger partial charge < -0.3 is 10.6 Å². The lowest BCUT2D eigenvalue weighted by molar-refractivity contribution is 0.959. The Labute approximate surface area is 94.2 Å². The highest BCUT2D eigenvalue weighted by Gasteiger charge is 2.06. The summed E-state index contributed by atoms with van der Waals surface area (Å²) in [5, 5.41) is 9.00. The van der Waals surface area contributed by atoms with Gasteiger partial charge in [0, 0.05) is 17.6 Å². The summed E-state index contributed by atoms with van der Waals surface area (Å²) in [4.78, 5) is 4.33. The molecule has 1 aliphatic rings. The van der Waals surface area contributed by atoms with E-state index in [1.165, 1.54) is 10.8 Å². The lowest BCUT2D eigenvalue weighted by atomic mass is 10.1. The number of aliphatic imine (C=N–C) groups is 1. The molecule has 1 heterocycles. The number of benzene rings is 2. The fraction of sp³-hybridized carbons (Fsp3) is 0.154. The van der Waals surface area contributed by atoms with Crippen LogP contribution in [0.4, 0.5) is 5.69 Å². The number of fused-ring (bicyclic) bond motifs is 1. The summed E-state index contributed by atoms with van der Waals surface area (Å²) in [7, 11) is 0. The molecule has 0 aliphatic carbocycles. The molecule has 0 saturated heterocycles. The minimum Gasteiger partial charge on any atom is -0.354 e. The molecule has 3 heteroatoms. The first-order valence-corrected chi connectivity index (χ1v) is 5.46. The second kappa shape index (κ2) is 3.85. The van der Waals surface area contributed by atoms with E-state index in [0.717, 1.165) is 24.7 Å². The predicted octanol–water partition coefficient (Wildman–Crippen LogP) is 2.21. The summed E-state index contributed by atoms with van der Waals surface area (Å²) in [6, 6.07) is 14.6. The molecule has 0 aromatic heterocycles. The van der Waals surface area contributed by atoms with Crippen LogP contribution in [0.5, 0.6) is 0 Å². The molecule has 0 radical (unpaired) electrons. The normalized spacial score (nSPS) is 14.6. The van der Waals surface area contributed by atoms with E-state index < -0.39 is 0 Å². The number of nitrogens with zero attached hydrogens (tertiary/aromatic N) is 1. The summed E-state index contributed by atoms with van der Waals surface area (Å²) in [5.41, 5.74) is 1.10. The Morgan fingerprint density at radius 3 is 2.81 bits per heavy atom. The summed E-state index contributed by atoms with van der Waals surface area (Å²) in [5.74, 6) is 0.872. The molecule has 3 nitrogen and oxygen atoms in total. The van der Waals surface area contributed by atoms with E-state index in [2.05, 4.69) is 58.1 Å². The molecular formula is C13H13N3. The minimum absolute atomic E-state index is 0.854. The van der Waals surface area contributed by atoms with Crippen molar-refractivity contribution in [2.24, 2.45) is 4.99 Å². The molecule has 16 heavy (non-hydrogen) atoms. The molecule has 0 bridgehead atoms. The van der Waals surface area contributed by atoms with E-state index in [9.17, 15) is 0 Å². The molecule has 1 aliphatic heterocycles. The Hall–Kier alpha value is -2.03. The number of rotatable bonds is 1. The molecule has 0 fully saturated rings. The molecule has 3 rings (SSSR count). The fourth-order valence-corrected chi connectivity index (χ4v) is 1.94. The fourth-order valence-electron chi connectivity index (χ4n) is 1.94. The first kappa shape index (κ1) is 9.21. The van der Waals surface area contributed by atoms with Gasteiger partial charge >= 0.3 is 0 Å². The van der Waals surface area contributed by atoms with Crippen LogP contribution in [0.15, 0.2) is 47.5 Å². The summed E-state index contributed by atoms with van der Waals surface area (Å²) in [6.45, 7) is 1.78. The molecule has 2 N–H and O–H groups in total. The number of guanidine groups is 1. The smallest absolute Gasteiger partial charge is 0.195 e. The standard InChI is InChI=1S/C13H13N3/c1-2-6-11-10(4-1)5-3-7-12(11)16-13-14-8-9-15-13/h1-7H,8-9H2,(H2,14,15,16). The minimum atomic E-state index is 0.854. The second-order valence-corrected chi connectivity index (χ2v) is 3.81. The zero-order chi connectivity index (χ0) is 10.8. The highest BCUT2D eigenvalue weighted by atomic mass is 15.2. The molecule has 0 spiro atoms. The highest BCUT2D eigenvalue weighted by Crippen LogP contribution is 2.22. The topological polar surface area (TPSA) is 36.4 Å². The predicted molar refractivity (Wildman–Crippen MR) is 67.9 cm³/mol. The van der Waals surface area contributed by atoms with Crippen molar-refractivity contribution in [2.45, 2.75) is 0 Å². The van der Waals surface area contributed by atoms with Crippen molar-refractivity contribution in [3.05, 3.63) is 42.5 Å². The molecule has 0 amide bonds. The molecule has 2 aromatic rings. The van der Waals surface area contributed by atoms with Gasteiger partial charge in [-0.15, -0.1) is 0 Å². The molecular weight excluding hydrogens is 198 g/mol. The van der Waals surface area contributed by atoms with Crippen LogP contribution in [0.3, 0.4) is 0 Å². The van der Waals surface area contributed by atoms with Crippen molar-refractivity contribution < 1.29 is 0 Å². The van der Waals surface area contributed by atoms with Gasteiger partial charge in [0.25, 0.3) is 0 Å². The van der Waals surface area contributed by atoms with E-state index in [1.54, 1.807) is 0 Å². The van der Waals surface area contributed by atoms with Crippen LogP contribution in [0.1, 0.15) is 0 Å². The maximum Gasteiger partial charge on any atom is 0.195 e. The van der Waals surface area contributed by atoms with Crippen LogP contribution in [0, 0.1) is 0 Å². The maximum absolute atomic E-state index is 4.33. The SMILES string of the molecule is c1ccc2c(NC3=NCCN3)cccc2c1. The molecule has 0 atom stereocenters. The van der Waals surface area contributed by atoms with E-state index in [-0.39, 0.29) is 0 Å². The van der Waals surface area contributed by atoms with Gasteiger partial charge in [-0.05, 0) is 11.5 Å². The van der Waals surface area contributed by atoms with Crippen molar-refractivity contribution in [3.63, 3.8) is 0 Å². The quantitative estimate of drug-likeness (QED) is 0.758. The monoisotopic (exact) mass is 211 g/mol. The molecule has 0 unspecified atom stereocenters. The number of hydrogen-bond acceptors (Lipinski definition) is 3. The zero-order valence-electron chi connectivity index (χ0n) is 8.90. The van der Waals surface area contributed by atoms with Gasteiger partial charge in [-0.1, -0.05) is 36.4 Å². The number of hydrogen-bond donors (Lipinski definition) is 2. The van der Waals surface area contributed by atoms with Crippen molar-refractivity contribution >= 4 is 22.4 Å². The average molecular weight is 211 g/mol. The Kier molecular flexibility index (Phi) is 2.22. The van der Waals surface area contributed by atoms with Crippen LogP contribution < -0.4 is 10.6 Å². The zero-order valence-corrected chi connectivity index (χ0v) is 8.90. The Morgan fingerprint density at radius 1 is 1.06 bits per heavy atom. The van der Waals surface area contributed by atoms with Crippen LogP contribution in [0.25, 0.3) is 10.8 Å². The van der Waals surface area contributed by atoms with Gasteiger partial charge in [-0.3, -0.25) is 4.99 Å². The third kappa shape index (κ3) is 1.60. The van der Waals surface area contributed by atoms with Crippen molar-refractivity contribution in [3.8, 4) is 0 Å². The van der Waals surface area contributed by atoms with Crippen molar-refractivity contribution in [1.82, 2.24) is 5.32 Å². The Morgan fingerprint density at radius 2 is 1.94 bits per heavy atom. The van der Waals surface area contributed by atoms with Gasteiger partial charge in [0.15, 0.2) is 5.96 Å². The van der Waals surface area contributed by atoms with E-state index in [1.807, 2.05) is 0 Å². The largest absolute Gasteiger partial charge is 0.354 e. The summed E-state index contributed by atoms with van der Waals surface area (Å²) >= 11 is 0. The number of nitrogens with one attached hydrogen (secondary N) is 2. The van der Waals surface area contributed by atoms with E-state index in [0.29, 0.717) is 0 Å². The first-order valence-electron chi connectivity index (χ1n) is 5.46. The summed E-state index contributed by atoms with van der Waals surface area (Å²) < 4.78 is 0. The van der Waals surface area contributed by atoms with Gasteiger partial charge in [-0.25, -0.2) is 0 Å². The molecule has 2 aromatic carbocycles. The second-order valence-electron chi connectivity index (χ2n) is 3.81. The van der Waals surface area contributed by atoms with Crippen molar-refractivity contribution in [1.29, 1.82) is 0 Å². The molecule has 0 saturated carbocycles. The van der Waals surface area contributed by atoms with Crippen LogP contribution in [-0.4, -0.2) is 19.0 Å². The Bertz CT molecular complexity index is 540. The number of anilines is 1.